The fourth-order valence-corrected chi connectivity index (χ4v) is 9.54. The second-order valence-electron chi connectivity index (χ2n) is 16.2. The molecule has 63 heavy (non-hydrogen) atoms. The summed E-state index contributed by atoms with van der Waals surface area (Å²) in [7, 11) is 0. The first-order valence-electron chi connectivity index (χ1n) is 21.6. The van der Waals surface area contributed by atoms with Crippen LogP contribution in [0.4, 0.5) is 17.1 Å². The first-order valence-corrected chi connectivity index (χ1v) is 21.6. The van der Waals surface area contributed by atoms with Crippen molar-refractivity contribution in [1.82, 2.24) is 9.13 Å². The largest absolute Gasteiger partial charge is 0.310 e. The normalized spacial score (nSPS) is 11.5. The third-order valence-electron chi connectivity index (χ3n) is 12.5. The highest BCUT2D eigenvalue weighted by molar-refractivity contribution is 6.11. The highest BCUT2D eigenvalue weighted by atomic mass is 15.1. The summed E-state index contributed by atoms with van der Waals surface area (Å²) >= 11 is 0. The lowest BCUT2D eigenvalue weighted by atomic mass is 10.00. The van der Waals surface area contributed by atoms with E-state index < -0.39 is 0 Å². The highest BCUT2D eigenvalue weighted by Gasteiger charge is 2.20. The predicted molar refractivity (Wildman–Crippen MR) is 266 cm³/mol. The Hall–Kier alpha value is -8.40. The number of hydrogen-bond acceptors (Lipinski definition) is 1. The van der Waals surface area contributed by atoms with Gasteiger partial charge in [-0.2, -0.15) is 0 Å². The van der Waals surface area contributed by atoms with Crippen molar-refractivity contribution in [3.63, 3.8) is 0 Å². The molecule has 3 heteroatoms. The average Bonchev–Trinajstić information content (AvgIpc) is 3.88. The van der Waals surface area contributed by atoms with Crippen LogP contribution in [-0.4, -0.2) is 9.13 Å². The van der Waals surface area contributed by atoms with Gasteiger partial charge in [-0.15, -0.1) is 0 Å². The van der Waals surface area contributed by atoms with Crippen LogP contribution < -0.4 is 4.90 Å². The quantitative estimate of drug-likeness (QED) is 0.149. The van der Waals surface area contributed by atoms with Gasteiger partial charge in [0.2, 0.25) is 0 Å². The van der Waals surface area contributed by atoms with E-state index in [1.165, 1.54) is 65.9 Å². The van der Waals surface area contributed by atoms with Gasteiger partial charge in [-0.1, -0.05) is 170 Å². The lowest BCUT2D eigenvalue weighted by Gasteiger charge is -2.27. The van der Waals surface area contributed by atoms with E-state index in [2.05, 4.69) is 263 Å². The summed E-state index contributed by atoms with van der Waals surface area (Å²) in [6, 6.07) is 90.3. The number of fused-ring (bicyclic) bond motifs is 6. The van der Waals surface area contributed by atoms with Crippen LogP contribution in [-0.2, 0) is 0 Å². The number of nitrogens with zero attached hydrogens (tertiary/aromatic N) is 3. The van der Waals surface area contributed by atoms with Crippen molar-refractivity contribution in [1.29, 1.82) is 0 Å². The summed E-state index contributed by atoms with van der Waals surface area (Å²) in [4.78, 5) is 2.41. The molecule has 0 saturated heterocycles. The number of anilines is 3. The van der Waals surface area contributed by atoms with E-state index in [-0.39, 0.29) is 0 Å². The predicted octanol–water partition coefficient (Wildman–Crippen LogP) is 16.4. The summed E-state index contributed by atoms with van der Waals surface area (Å²) < 4.78 is 4.84. The molecule has 0 N–H and O–H groups in total. The molecule has 2 aromatic heterocycles. The third-order valence-corrected chi connectivity index (χ3v) is 12.5. The molecule has 0 radical (unpaired) electrons. The van der Waals surface area contributed by atoms with Crippen LogP contribution in [0.1, 0.15) is 0 Å². The maximum atomic E-state index is 2.44. The van der Waals surface area contributed by atoms with Crippen LogP contribution in [0.2, 0.25) is 0 Å². The van der Waals surface area contributed by atoms with Crippen molar-refractivity contribution in [3.05, 3.63) is 249 Å². The molecule has 0 amide bonds. The summed E-state index contributed by atoms with van der Waals surface area (Å²) in [5.41, 5.74) is 17.2. The molecule has 0 atom stereocenters. The molecule has 0 bridgehead atoms. The number of rotatable bonds is 8. The van der Waals surface area contributed by atoms with Gasteiger partial charge in [0.05, 0.1) is 22.1 Å². The van der Waals surface area contributed by atoms with Crippen molar-refractivity contribution in [2.45, 2.75) is 0 Å². The zero-order chi connectivity index (χ0) is 41.7. The maximum Gasteiger partial charge on any atom is 0.0547 e. The third kappa shape index (κ3) is 6.38. The van der Waals surface area contributed by atoms with Crippen LogP contribution in [0.25, 0.3) is 88.4 Å². The Labute approximate surface area is 366 Å². The molecule has 0 spiro atoms. The molecular weight excluding hydrogens is 763 g/mol. The fraction of sp³-hybridized carbons (Fsp3) is 0. The van der Waals surface area contributed by atoms with E-state index in [0.717, 1.165) is 39.6 Å². The van der Waals surface area contributed by atoms with Gasteiger partial charge in [0.1, 0.15) is 0 Å². The molecule has 0 saturated carbocycles. The highest BCUT2D eigenvalue weighted by Crippen LogP contribution is 2.43. The molecule has 3 nitrogen and oxygen atoms in total. The number of benzene rings is 10. The van der Waals surface area contributed by atoms with Gasteiger partial charge >= 0.3 is 0 Å². The van der Waals surface area contributed by atoms with E-state index in [4.69, 9.17) is 0 Å². The Balaban J connectivity index is 1.11. The van der Waals surface area contributed by atoms with Crippen molar-refractivity contribution in [3.8, 4) is 44.8 Å². The minimum atomic E-state index is 1.06. The molecule has 0 aliphatic rings. The topological polar surface area (TPSA) is 13.1 Å². The standard InChI is InChI=1S/C60H41N3/c1-4-16-42(17-5-1)44-28-33-49(34-29-44)61(50-35-30-45(31-36-50)43-18-6-2-7-19-43)51-38-47(39-52(41-51)63-58-26-14-10-22-53(58)54-23-11-15-27-59(54)63)46-32-37-56-55-24-12-13-25-57(55)62(60(56)40-46)48-20-8-3-9-21-48/h1-41H. The molecule has 12 rings (SSSR count). The van der Waals surface area contributed by atoms with Crippen LogP contribution >= 0.6 is 0 Å². The first kappa shape index (κ1) is 36.5. The van der Waals surface area contributed by atoms with Crippen molar-refractivity contribution < 1.29 is 0 Å². The molecule has 0 fully saturated rings. The number of hydrogen-bond donors (Lipinski definition) is 0. The van der Waals surface area contributed by atoms with Gasteiger partial charge in [0.15, 0.2) is 0 Å². The zero-order valence-corrected chi connectivity index (χ0v) is 34.5. The first-order chi connectivity index (χ1) is 31.2. The summed E-state index contributed by atoms with van der Waals surface area (Å²) in [5, 5.41) is 4.94. The summed E-state index contributed by atoms with van der Waals surface area (Å²) in [5.74, 6) is 0. The zero-order valence-electron chi connectivity index (χ0n) is 34.5. The van der Waals surface area contributed by atoms with E-state index in [0.29, 0.717) is 0 Å². The van der Waals surface area contributed by atoms with Crippen molar-refractivity contribution >= 4 is 60.7 Å². The van der Waals surface area contributed by atoms with E-state index in [1.807, 2.05) is 0 Å². The molecule has 0 unspecified atom stereocenters. The summed E-state index contributed by atoms with van der Waals surface area (Å²) in [6.45, 7) is 0. The Morgan fingerprint density at radius 2 is 0.619 bits per heavy atom. The van der Waals surface area contributed by atoms with E-state index in [9.17, 15) is 0 Å². The molecule has 12 aromatic rings. The van der Waals surface area contributed by atoms with E-state index >= 15 is 0 Å². The molecule has 2 heterocycles. The van der Waals surface area contributed by atoms with Gasteiger partial charge < -0.3 is 14.0 Å². The molecule has 0 aliphatic carbocycles. The second kappa shape index (κ2) is 15.3. The van der Waals surface area contributed by atoms with Gasteiger partial charge in [-0.05, 0) is 112 Å². The van der Waals surface area contributed by atoms with Gasteiger partial charge in [-0.3, -0.25) is 0 Å². The van der Waals surface area contributed by atoms with Crippen LogP contribution in [0.15, 0.2) is 249 Å². The van der Waals surface area contributed by atoms with Crippen molar-refractivity contribution in [2.24, 2.45) is 0 Å². The Morgan fingerprint density at radius 1 is 0.222 bits per heavy atom. The minimum Gasteiger partial charge on any atom is -0.310 e. The summed E-state index contributed by atoms with van der Waals surface area (Å²) in [6.07, 6.45) is 0. The number of aromatic nitrogens is 2. The van der Waals surface area contributed by atoms with E-state index in [1.54, 1.807) is 0 Å². The SMILES string of the molecule is c1ccc(-c2ccc(N(c3ccc(-c4ccccc4)cc3)c3cc(-c4ccc5c6ccccc6n(-c6ccccc6)c5c4)cc(-n4c5ccccc5c5ccccc54)c3)cc2)cc1. The second-order valence-corrected chi connectivity index (χ2v) is 16.2. The molecule has 0 aliphatic heterocycles. The Kier molecular flexibility index (Phi) is 8.83. The van der Waals surface area contributed by atoms with Gasteiger partial charge in [0.25, 0.3) is 0 Å². The Bertz CT molecular complexity index is 3450. The smallest absolute Gasteiger partial charge is 0.0547 e. The van der Waals surface area contributed by atoms with Crippen molar-refractivity contribution in [2.75, 3.05) is 4.90 Å². The lowest BCUT2D eigenvalue weighted by Crippen LogP contribution is -2.11. The van der Waals surface area contributed by atoms with Crippen LogP contribution in [0.5, 0.6) is 0 Å². The fourth-order valence-electron chi connectivity index (χ4n) is 9.54. The average molecular weight is 804 g/mol. The van der Waals surface area contributed by atoms with Crippen LogP contribution in [0.3, 0.4) is 0 Å². The monoisotopic (exact) mass is 803 g/mol. The molecule has 10 aromatic carbocycles. The maximum absolute atomic E-state index is 2.44. The minimum absolute atomic E-state index is 1.06. The number of para-hydroxylation sites is 4. The molecular formula is C60H41N3. The van der Waals surface area contributed by atoms with Gasteiger partial charge in [0, 0.05) is 50.0 Å². The van der Waals surface area contributed by atoms with Crippen LogP contribution in [0, 0.1) is 0 Å². The Morgan fingerprint density at radius 3 is 1.13 bits per heavy atom. The van der Waals surface area contributed by atoms with Gasteiger partial charge in [-0.25, -0.2) is 0 Å². The molecule has 296 valence electrons. The lowest BCUT2D eigenvalue weighted by molar-refractivity contribution is 1.17.